The number of furan rings is 1. The third-order valence-electron chi connectivity index (χ3n) is 15.6. The zero-order valence-corrected chi connectivity index (χ0v) is 32.9. The molecule has 0 aliphatic heterocycles. The summed E-state index contributed by atoms with van der Waals surface area (Å²) in [5, 5.41) is 10.4. The summed E-state index contributed by atoms with van der Waals surface area (Å²) in [6, 6.07) is 64.1. The highest BCUT2D eigenvalue weighted by Gasteiger charge is 2.62. The highest BCUT2D eigenvalue weighted by molar-refractivity contribution is 6.21. The van der Waals surface area contributed by atoms with E-state index in [0.29, 0.717) is 11.8 Å². The van der Waals surface area contributed by atoms with E-state index in [-0.39, 0.29) is 5.41 Å². The van der Waals surface area contributed by atoms with E-state index in [1.54, 1.807) is 11.1 Å². The van der Waals surface area contributed by atoms with Crippen molar-refractivity contribution in [1.82, 2.24) is 0 Å². The minimum Gasteiger partial charge on any atom is -0.455 e. The lowest BCUT2D eigenvalue weighted by molar-refractivity contribution is -0.0393. The second-order valence-electron chi connectivity index (χ2n) is 18.3. The Morgan fingerprint density at radius 2 is 0.932 bits per heavy atom. The lowest BCUT2D eigenvalue weighted by Gasteiger charge is -2.61. The van der Waals surface area contributed by atoms with Gasteiger partial charge in [-0.2, -0.15) is 0 Å². The van der Waals surface area contributed by atoms with Gasteiger partial charge in [-0.05, 0) is 150 Å². The molecule has 10 aromatic rings. The average molecular weight is 755 g/mol. The maximum absolute atomic E-state index is 6.45. The molecule has 4 bridgehead atoms. The minimum absolute atomic E-state index is 0.0783. The molecule has 4 saturated carbocycles. The smallest absolute Gasteiger partial charge is 0.143 e. The molecule has 0 N–H and O–H groups in total. The van der Waals surface area contributed by atoms with Crippen molar-refractivity contribution in [3.05, 3.63) is 181 Å². The largest absolute Gasteiger partial charge is 0.455 e. The Balaban J connectivity index is 0.964. The second-order valence-corrected chi connectivity index (χ2v) is 18.3. The van der Waals surface area contributed by atoms with Gasteiger partial charge in [0.25, 0.3) is 0 Å². The van der Waals surface area contributed by atoms with Crippen molar-refractivity contribution in [2.24, 2.45) is 23.7 Å². The highest BCUT2D eigenvalue weighted by atomic mass is 16.3. The molecule has 9 aromatic carbocycles. The first-order chi connectivity index (χ1) is 29.2. The van der Waals surface area contributed by atoms with E-state index >= 15 is 0 Å². The average Bonchev–Trinajstić information content (AvgIpc) is 3.81. The molecule has 0 radical (unpaired) electrons. The predicted molar refractivity (Wildman–Crippen MR) is 246 cm³/mol. The van der Waals surface area contributed by atoms with Gasteiger partial charge in [-0.25, -0.2) is 0 Å². The number of para-hydroxylation sites is 2. The molecule has 59 heavy (non-hydrogen) atoms. The summed E-state index contributed by atoms with van der Waals surface area (Å²) in [6.07, 6.45) is 6.99. The molecular formula is C58H42O. The van der Waals surface area contributed by atoms with Crippen LogP contribution in [0.5, 0.6) is 0 Å². The molecule has 5 aliphatic carbocycles. The van der Waals surface area contributed by atoms with Gasteiger partial charge in [0, 0.05) is 21.8 Å². The number of fused-ring (bicyclic) bond motifs is 10. The van der Waals surface area contributed by atoms with Crippen molar-refractivity contribution < 1.29 is 4.42 Å². The number of benzene rings is 9. The van der Waals surface area contributed by atoms with E-state index in [1.807, 2.05) is 6.07 Å². The van der Waals surface area contributed by atoms with Crippen LogP contribution in [-0.4, -0.2) is 0 Å². The van der Waals surface area contributed by atoms with E-state index in [9.17, 15) is 0 Å². The van der Waals surface area contributed by atoms with Gasteiger partial charge in [0.1, 0.15) is 11.2 Å². The molecule has 280 valence electrons. The van der Waals surface area contributed by atoms with E-state index in [4.69, 9.17) is 4.42 Å². The zero-order valence-electron chi connectivity index (χ0n) is 32.9. The maximum Gasteiger partial charge on any atom is 0.143 e. The van der Waals surface area contributed by atoms with Crippen LogP contribution in [0.3, 0.4) is 0 Å². The van der Waals surface area contributed by atoms with Crippen LogP contribution in [0.15, 0.2) is 174 Å². The SMILES string of the molecule is c1ccc2c3c(ccc2c1)-c1ccc(-c2c4ccccc4c(-c4ccc(-c5cccc6c5oc5ccccc56)cc4)c4ccccc24)cc1C31C2CC3CC(C2)CC1C3. The number of rotatable bonds is 3. The van der Waals surface area contributed by atoms with Gasteiger partial charge < -0.3 is 4.42 Å². The van der Waals surface area contributed by atoms with E-state index in [0.717, 1.165) is 44.9 Å². The van der Waals surface area contributed by atoms with Crippen LogP contribution in [0.1, 0.15) is 43.2 Å². The fourth-order valence-corrected chi connectivity index (χ4v) is 13.7. The summed E-state index contributed by atoms with van der Waals surface area (Å²) in [7, 11) is 0. The standard InChI is InChI=1S/C58H42O/c1-2-11-42-36(10-1)24-27-50-44-26-25-39(33-52(44)58(56(42)50)40-29-34-28-35(31-40)32-41(58)30-34)55-48-15-5-3-13-46(48)54(47-14-4-6-16-49(47)55)38-22-20-37(21-23-38)43-17-9-18-51-45-12-7-8-19-53(45)59-57(43)51/h1-27,33-35,40-41H,28-32H2. The first-order valence-corrected chi connectivity index (χ1v) is 21.8. The summed E-state index contributed by atoms with van der Waals surface area (Å²) in [5.41, 5.74) is 15.7. The Kier molecular flexibility index (Phi) is 6.52. The molecule has 1 heterocycles. The van der Waals surface area contributed by atoms with Gasteiger partial charge in [-0.1, -0.05) is 158 Å². The van der Waals surface area contributed by atoms with Gasteiger partial charge in [-0.15, -0.1) is 0 Å². The molecule has 0 amide bonds. The van der Waals surface area contributed by atoms with Gasteiger partial charge in [0.05, 0.1) is 0 Å². The van der Waals surface area contributed by atoms with Crippen molar-refractivity contribution >= 4 is 54.3 Å². The van der Waals surface area contributed by atoms with E-state index in [2.05, 4.69) is 164 Å². The Morgan fingerprint density at radius 3 is 1.63 bits per heavy atom. The van der Waals surface area contributed by atoms with Gasteiger partial charge >= 0.3 is 0 Å². The predicted octanol–water partition coefficient (Wildman–Crippen LogP) is 15.8. The third kappa shape index (κ3) is 4.30. The van der Waals surface area contributed by atoms with Crippen LogP contribution in [0.2, 0.25) is 0 Å². The third-order valence-corrected chi connectivity index (χ3v) is 15.6. The minimum atomic E-state index is 0.0783. The van der Waals surface area contributed by atoms with Crippen LogP contribution >= 0.6 is 0 Å². The van der Waals surface area contributed by atoms with Crippen molar-refractivity contribution in [3.63, 3.8) is 0 Å². The van der Waals surface area contributed by atoms with Crippen LogP contribution in [0.4, 0.5) is 0 Å². The van der Waals surface area contributed by atoms with Gasteiger partial charge in [0.2, 0.25) is 0 Å². The van der Waals surface area contributed by atoms with Crippen molar-refractivity contribution in [2.75, 3.05) is 0 Å². The Labute approximate surface area is 343 Å². The fourth-order valence-electron chi connectivity index (χ4n) is 13.7. The van der Waals surface area contributed by atoms with Crippen LogP contribution in [-0.2, 0) is 5.41 Å². The van der Waals surface area contributed by atoms with Crippen molar-refractivity contribution in [3.8, 4) is 44.5 Å². The first-order valence-electron chi connectivity index (χ1n) is 21.8. The summed E-state index contributed by atoms with van der Waals surface area (Å²) in [4.78, 5) is 0. The monoisotopic (exact) mass is 754 g/mol. The van der Waals surface area contributed by atoms with Crippen LogP contribution in [0.25, 0.3) is 98.8 Å². The quantitative estimate of drug-likeness (QED) is 0.164. The van der Waals surface area contributed by atoms with Crippen LogP contribution < -0.4 is 0 Å². The van der Waals surface area contributed by atoms with E-state index in [1.165, 1.54) is 97.8 Å². The Hall–Kier alpha value is -6.44. The Morgan fingerprint density at radius 1 is 0.390 bits per heavy atom. The number of hydrogen-bond donors (Lipinski definition) is 0. The molecule has 5 aliphatic rings. The summed E-state index contributed by atoms with van der Waals surface area (Å²) in [5.74, 6) is 3.22. The molecule has 1 nitrogen and oxygen atoms in total. The summed E-state index contributed by atoms with van der Waals surface area (Å²) < 4.78 is 6.45. The maximum atomic E-state index is 6.45. The summed E-state index contributed by atoms with van der Waals surface area (Å²) in [6.45, 7) is 0. The van der Waals surface area contributed by atoms with Gasteiger partial charge in [-0.3, -0.25) is 0 Å². The van der Waals surface area contributed by atoms with Crippen molar-refractivity contribution in [2.45, 2.75) is 37.5 Å². The number of hydrogen-bond acceptors (Lipinski definition) is 1. The van der Waals surface area contributed by atoms with Gasteiger partial charge in [0.15, 0.2) is 0 Å². The lowest BCUT2D eigenvalue weighted by Crippen LogP contribution is -2.55. The molecule has 4 fully saturated rings. The van der Waals surface area contributed by atoms with E-state index < -0.39 is 0 Å². The summed E-state index contributed by atoms with van der Waals surface area (Å²) >= 11 is 0. The van der Waals surface area contributed by atoms with Crippen molar-refractivity contribution in [1.29, 1.82) is 0 Å². The molecule has 0 unspecified atom stereocenters. The molecule has 1 spiro atoms. The topological polar surface area (TPSA) is 13.1 Å². The zero-order chi connectivity index (χ0) is 38.4. The first kappa shape index (κ1) is 32.5. The molecule has 15 rings (SSSR count). The molecular weight excluding hydrogens is 713 g/mol. The molecule has 0 atom stereocenters. The second kappa shape index (κ2) is 11.8. The molecule has 1 heteroatoms. The van der Waals surface area contributed by atoms with Crippen LogP contribution in [0, 0.1) is 23.7 Å². The normalized spacial score (nSPS) is 22.6. The highest BCUT2D eigenvalue weighted by Crippen LogP contribution is 2.70. The molecule has 0 saturated heterocycles. The Bertz CT molecular complexity index is 3310. The lowest BCUT2D eigenvalue weighted by atomic mass is 9.43. The molecule has 1 aromatic heterocycles. The fraction of sp³-hybridized carbons (Fsp3) is 0.172.